The maximum Gasteiger partial charge on any atom is 0.174 e. The summed E-state index contributed by atoms with van der Waals surface area (Å²) < 4.78 is 6.25. The van der Waals surface area contributed by atoms with Crippen molar-refractivity contribution in [3.05, 3.63) is 27.6 Å². The summed E-state index contributed by atoms with van der Waals surface area (Å²) in [5.74, 6) is 0.827. The van der Waals surface area contributed by atoms with Crippen LogP contribution < -0.4 is 5.73 Å². The molecule has 0 saturated heterocycles. The maximum atomic E-state index is 5.69. The van der Waals surface area contributed by atoms with Gasteiger partial charge in [-0.3, -0.25) is 0 Å². The van der Waals surface area contributed by atoms with Crippen molar-refractivity contribution in [1.82, 2.24) is 9.36 Å². The van der Waals surface area contributed by atoms with Gasteiger partial charge in [-0.15, -0.1) is 0 Å². The van der Waals surface area contributed by atoms with E-state index in [4.69, 9.17) is 5.73 Å². The van der Waals surface area contributed by atoms with E-state index < -0.39 is 0 Å². The van der Waals surface area contributed by atoms with Crippen LogP contribution in [0.25, 0.3) is 0 Å². The molecule has 15 heavy (non-hydrogen) atoms. The minimum Gasteiger partial charge on any atom is -0.399 e. The third-order valence-electron chi connectivity index (χ3n) is 1.66. The van der Waals surface area contributed by atoms with Crippen LogP contribution in [-0.4, -0.2) is 9.36 Å². The summed E-state index contributed by atoms with van der Waals surface area (Å²) in [6.07, 6.45) is 0. The zero-order valence-electron chi connectivity index (χ0n) is 7.90. The lowest BCUT2D eigenvalue weighted by Gasteiger charge is -2.01. The van der Waals surface area contributed by atoms with Gasteiger partial charge < -0.3 is 5.73 Å². The molecule has 0 aliphatic rings. The Morgan fingerprint density at radius 3 is 2.87 bits per heavy atom. The predicted molar refractivity (Wildman–Crippen MR) is 72.3 cm³/mol. The van der Waals surface area contributed by atoms with E-state index in [9.17, 15) is 0 Å². The second-order valence-corrected chi connectivity index (χ2v) is 6.10. The molecule has 2 rings (SSSR count). The van der Waals surface area contributed by atoms with Crippen molar-refractivity contribution >= 4 is 51.6 Å². The van der Waals surface area contributed by atoms with Crippen molar-refractivity contribution < 1.29 is 0 Å². The quantitative estimate of drug-likeness (QED) is 0.668. The van der Waals surface area contributed by atoms with Crippen molar-refractivity contribution in [3.63, 3.8) is 0 Å². The molecule has 0 radical (unpaired) electrons. The summed E-state index contributed by atoms with van der Waals surface area (Å²) in [5, 5.41) is 0. The molecule has 2 N–H and O–H groups in total. The molecule has 0 amide bonds. The number of halogens is 1. The molecule has 0 fully saturated rings. The van der Waals surface area contributed by atoms with Gasteiger partial charge in [-0.25, -0.2) is 4.98 Å². The lowest BCUT2D eigenvalue weighted by atomic mass is 10.3. The number of rotatable bonds is 2. The number of nitrogens with two attached hydrogens (primary N) is 1. The van der Waals surface area contributed by atoms with Crippen LogP contribution in [-0.2, 0) is 0 Å². The van der Waals surface area contributed by atoms with E-state index in [2.05, 4.69) is 31.9 Å². The van der Waals surface area contributed by atoms with Crippen LogP contribution in [0.15, 0.2) is 27.4 Å². The lowest BCUT2D eigenvalue weighted by molar-refractivity contribution is 1.10. The van der Waals surface area contributed by atoms with Crippen LogP contribution in [0.1, 0.15) is 5.82 Å². The Morgan fingerprint density at radius 2 is 2.27 bits per heavy atom. The molecule has 6 heteroatoms. The zero-order valence-corrected chi connectivity index (χ0v) is 11.7. The van der Waals surface area contributed by atoms with Gasteiger partial charge in [0, 0.05) is 14.2 Å². The second kappa shape index (κ2) is 4.67. The average molecular weight is 349 g/mol. The van der Waals surface area contributed by atoms with E-state index >= 15 is 0 Å². The van der Waals surface area contributed by atoms with Gasteiger partial charge in [0.15, 0.2) is 4.34 Å². The number of anilines is 1. The van der Waals surface area contributed by atoms with Crippen molar-refractivity contribution in [1.29, 1.82) is 0 Å². The summed E-state index contributed by atoms with van der Waals surface area (Å²) >= 11 is 5.33. The molecule has 3 nitrogen and oxygen atoms in total. The summed E-state index contributed by atoms with van der Waals surface area (Å²) in [7, 11) is 0. The van der Waals surface area contributed by atoms with Crippen LogP contribution >= 0.6 is 45.9 Å². The molecule has 78 valence electrons. The number of aryl methyl sites for hydroxylation is 1. The molecule has 0 saturated carbocycles. The van der Waals surface area contributed by atoms with Gasteiger partial charge in [0.2, 0.25) is 0 Å². The fourth-order valence-electron chi connectivity index (χ4n) is 1.01. The van der Waals surface area contributed by atoms with Crippen LogP contribution in [0.2, 0.25) is 0 Å². The average Bonchev–Trinajstić information content (AvgIpc) is 2.56. The first-order valence-electron chi connectivity index (χ1n) is 4.18. The molecular weight excluding hydrogens is 341 g/mol. The van der Waals surface area contributed by atoms with Gasteiger partial charge in [-0.2, -0.15) is 4.37 Å². The van der Waals surface area contributed by atoms with Crippen LogP contribution in [0.5, 0.6) is 0 Å². The van der Waals surface area contributed by atoms with E-state index in [1.807, 2.05) is 25.1 Å². The molecule has 0 atom stereocenters. The fraction of sp³-hybridized carbons (Fsp3) is 0.111. The Balaban J connectivity index is 2.24. The van der Waals surface area contributed by atoms with Gasteiger partial charge in [-0.1, -0.05) is 11.8 Å². The van der Waals surface area contributed by atoms with Gasteiger partial charge >= 0.3 is 0 Å². The normalized spacial score (nSPS) is 10.5. The highest BCUT2D eigenvalue weighted by molar-refractivity contribution is 14.1. The van der Waals surface area contributed by atoms with Gasteiger partial charge in [0.05, 0.1) is 0 Å². The largest absolute Gasteiger partial charge is 0.399 e. The predicted octanol–water partition coefficient (Wildman–Crippen LogP) is 3.18. The van der Waals surface area contributed by atoms with E-state index in [0.717, 1.165) is 19.4 Å². The van der Waals surface area contributed by atoms with Crippen molar-refractivity contribution in [2.75, 3.05) is 5.73 Å². The number of hydrogen-bond donors (Lipinski definition) is 1. The Labute approximate surface area is 110 Å². The minimum atomic E-state index is 0.789. The van der Waals surface area contributed by atoms with E-state index in [0.29, 0.717) is 0 Å². The molecule has 1 heterocycles. The Hall–Kier alpha value is -0.340. The van der Waals surface area contributed by atoms with Crippen LogP contribution in [0.3, 0.4) is 0 Å². The summed E-state index contributed by atoms with van der Waals surface area (Å²) in [6, 6.07) is 5.87. The smallest absolute Gasteiger partial charge is 0.174 e. The first kappa shape index (κ1) is 11.2. The molecule has 0 aliphatic heterocycles. The van der Waals surface area contributed by atoms with Crippen molar-refractivity contribution in [3.8, 4) is 0 Å². The molecule has 1 aromatic carbocycles. The SMILES string of the molecule is Cc1nsc(Sc2ccc(N)cc2I)n1. The molecule has 0 aliphatic carbocycles. The monoisotopic (exact) mass is 349 g/mol. The van der Waals surface area contributed by atoms with Gasteiger partial charge in [0.1, 0.15) is 5.82 Å². The Morgan fingerprint density at radius 1 is 1.47 bits per heavy atom. The first-order valence-corrected chi connectivity index (χ1v) is 6.85. The fourth-order valence-corrected chi connectivity index (χ4v) is 3.50. The number of aromatic nitrogens is 2. The molecule has 0 unspecified atom stereocenters. The lowest BCUT2D eigenvalue weighted by Crippen LogP contribution is -1.86. The standard InChI is InChI=1S/C9H8IN3S2/c1-5-12-9(15-13-5)14-8-3-2-6(11)4-7(8)10/h2-4H,11H2,1H3. The second-order valence-electron chi connectivity index (χ2n) is 2.90. The summed E-state index contributed by atoms with van der Waals surface area (Å²) in [4.78, 5) is 5.47. The van der Waals surface area contributed by atoms with Gasteiger partial charge in [-0.05, 0) is 59.2 Å². The molecule has 0 spiro atoms. The third kappa shape index (κ3) is 2.82. The van der Waals surface area contributed by atoms with E-state index in [1.54, 1.807) is 11.8 Å². The highest BCUT2D eigenvalue weighted by atomic mass is 127. The number of nitrogen functional groups attached to an aromatic ring is 1. The molecule has 0 bridgehead atoms. The Bertz CT molecular complexity index is 484. The molecule has 1 aromatic heterocycles. The van der Waals surface area contributed by atoms with Gasteiger partial charge in [0.25, 0.3) is 0 Å². The summed E-state index contributed by atoms with van der Waals surface area (Å²) in [6.45, 7) is 1.90. The highest BCUT2D eigenvalue weighted by Crippen LogP contribution is 2.33. The number of nitrogens with zero attached hydrogens (tertiary/aromatic N) is 2. The number of hydrogen-bond acceptors (Lipinski definition) is 5. The zero-order chi connectivity index (χ0) is 10.8. The maximum absolute atomic E-state index is 5.69. The Kier molecular flexibility index (Phi) is 3.47. The van der Waals surface area contributed by atoms with Crippen LogP contribution in [0.4, 0.5) is 5.69 Å². The first-order chi connectivity index (χ1) is 7.15. The summed E-state index contributed by atoms with van der Waals surface area (Å²) in [5.41, 5.74) is 6.47. The topological polar surface area (TPSA) is 51.8 Å². The molecule has 2 aromatic rings. The van der Waals surface area contributed by atoms with E-state index in [-0.39, 0.29) is 0 Å². The molecular formula is C9H8IN3S2. The van der Waals surface area contributed by atoms with E-state index in [1.165, 1.54) is 16.4 Å². The number of benzene rings is 1. The van der Waals surface area contributed by atoms with Crippen molar-refractivity contribution in [2.24, 2.45) is 0 Å². The van der Waals surface area contributed by atoms with Crippen molar-refractivity contribution in [2.45, 2.75) is 16.2 Å². The highest BCUT2D eigenvalue weighted by Gasteiger charge is 2.06. The van der Waals surface area contributed by atoms with Crippen LogP contribution in [0, 0.1) is 10.5 Å². The third-order valence-corrected chi connectivity index (χ3v) is 4.84. The minimum absolute atomic E-state index is 0.789.